The molecule has 1 saturated heterocycles. The van der Waals surface area contributed by atoms with Crippen LogP contribution >= 0.6 is 0 Å². The lowest BCUT2D eigenvalue weighted by Gasteiger charge is -2.34. The maximum absolute atomic E-state index is 13.0. The van der Waals surface area contributed by atoms with Crippen LogP contribution in [0, 0.1) is 0 Å². The van der Waals surface area contributed by atoms with Crippen LogP contribution in [-0.4, -0.2) is 63.8 Å². The molecular formula is C22H26N6O2. The SMILES string of the molecule is CCCCOc1ccccc1-c1cc(C(=O)N2CCN(c3ncccn3)CC2)[nH]n1. The van der Waals surface area contributed by atoms with Gasteiger partial charge in [0.05, 0.1) is 12.3 Å². The summed E-state index contributed by atoms with van der Waals surface area (Å²) in [6.45, 7) is 5.42. The Bertz CT molecular complexity index is 967. The molecule has 1 aliphatic heterocycles. The van der Waals surface area contributed by atoms with Crippen molar-refractivity contribution in [1.82, 2.24) is 25.1 Å². The molecule has 30 heavy (non-hydrogen) atoms. The molecule has 0 spiro atoms. The summed E-state index contributed by atoms with van der Waals surface area (Å²) >= 11 is 0. The molecule has 1 N–H and O–H groups in total. The van der Waals surface area contributed by atoms with Crippen molar-refractivity contribution in [3.8, 4) is 17.0 Å². The van der Waals surface area contributed by atoms with Crippen LogP contribution in [0.4, 0.5) is 5.95 Å². The van der Waals surface area contributed by atoms with Gasteiger partial charge in [-0.2, -0.15) is 5.10 Å². The van der Waals surface area contributed by atoms with E-state index in [1.165, 1.54) is 0 Å². The molecule has 156 valence electrons. The topological polar surface area (TPSA) is 87.2 Å². The number of hydrogen-bond acceptors (Lipinski definition) is 6. The molecule has 1 amide bonds. The molecule has 1 aromatic carbocycles. The Labute approximate surface area is 175 Å². The highest BCUT2D eigenvalue weighted by Gasteiger charge is 2.25. The van der Waals surface area contributed by atoms with Gasteiger partial charge in [-0.1, -0.05) is 25.5 Å². The Hall–Kier alpha value is -3.42. The van der Waals surface area contributed by atoms with Crippen molar-refractivity contribution in [3.05, 3.63) is 54.5 Å². The largest absolute Gasteiger partial charge is 0.493 e. The highest BCUT2D eigenvalue weighted by molar-refractivity contribution is 5.93. The van der Waals surface area contributed by atoms with Crippen LogP contribution in [0.5, 0.6) is 5.75 Å². The summed E-state index contributed by atoms with van der Waals surface area (Å²) in [5.41, 5.74) is 2.08. The molecule has 3 aromatic rings. The average molecular weight is 406 g/mol. The van der Waals surface area contributed by atoms with Crippen LogP contribution in [0.2, 0.25) is 0 Å². The van der Waals surface area contributed by atoms with Gasteiger partial charge in [-0.15, -0.1) is 0 Å². The normalized spacial score (nSPS) is 14.0. The van der Waals surface area contributed by atoms with Gasteiger partial charge in [0.2, 0.25) is 5.95 Å². The number of nitrogens with one attached hydrogen (secondary N) is 1. The monoisotopic (exact) mass is 406 g/mol. The van der Waals surface area contributed by atoms with Crippen molar-refractivity contribution in [3.63, 3.8) is 0 Å². The Morgan fingerprint density at radius 3 is 2.63 bits per heavy atom. The third-order valence-electron chi connectivity index (χ3n) is 5.13. The summed E-state index contributed by atoms with van der Waals surface area (Å²) < 4.78 is 5.91. The number of rotatable bonds is 7. The summed E-state index contributed by atoms with van der Waals surface area (Å²) in [7, 11) is 0. The number of amides is 1. The number of aromatic nitrogens is 4. The van der Waals surface area contributed by atoms with Crippen molar-refractivity contribution >= 4 is 11.9 Å². The molecule has 0 radical (unpaired) electrons. The summed E-state index contributed by atoms with van der Waals surface area (Å²) in [4.78, 5) is 25.5. The number of piperazine rings is 1. The first kappa shape index (κ1) is 19.9. The number of anilines is 1. The first-order chi connectivity index (χ1) is 14.8. The van der Waals surface area contributed by atoms with E-state index in [1.807, 2.05) is 29.2 Å². The molecule has 0 aliphatic carbocycles. The van der Waals surface area contributed by atoms with Gasteiger partial charge in [0.25, 0.3) is 5.91 Å². The molecule has 8 nitrogen and oxygen atoms in total. The lowest BCUT2D eigenvalue weighted by Crippen LogP contribution is -2.49. The van der Waals surface area contributed by atoms with E-state index < -0.39 is 0 Å². The first-order valence-corrected chi connectivity index (χ1v) is 10.3. The highest BCUT2D eigenvalue weighted by atomic mass is 16.5. The fourth-order valence-electron chi connectivity index (χ4n) is 3.43. The number of para-hydroxylation sites is 1. The Morgan fingerprint density at radius 1 is 1.10 bits per heavy atom. The van der Waals surface area contributed by atoms with Gasteiger partial charge in [0.1, 0.15) is 11.4 Å². The second-order valence-corrected chi connectivity index (χ2v) is 7.19. The third kappa shape index (κ3) is 4.42. The molecule has 0 atom stereocenters. The number of ether oxygens (including phenoxy) is 1. The van der Waals surface area contributed by atoms with E-state index >= 15 is 0 Å². The number of carbonyl (C=O) groups is 1. The van der Waals surface area contributed by atoms with Gasteiger partial charge in [-0.3, -0.25) is 9.89 Å². The fraction of sp³-hybridized carbons (Fsp3) is 0.364. The van der Waals surface area contributed by atoms with Gasteiger partial charge < -0.3 is 14.5 Å². The summed E-state index contributed by atoms with van der Waals surface area (Å²) in [5, 5.41) is 7.27. The van der Waals surface area contributed by atoms with Gasteiger partial charge in [-0.05, 0) is 30.7 Å². The van der Waals surface area contributed by atoms with Crippen LogP contribution in [0.3, 0.4) is 0 Å². The fourth-order valence-corrected chi connectivity index (χ4v) is 3.43. The number of nitrogens with zero attached hydrogens (tertiary/aromatic N) is 5. The zero-order valence-corrected chi connectivity index (χ0v) is 17.1. The minimum atomic E-state index is -0.0493. The predicted molar refractivity (Wildman–Crippen MR) is 115 cm³/mol. The molecule has 4 rings (SSSR count). The number of aromatic amines is 1. The van der Waals surface area contributed by atoms with E-state index in [0.717, 1.165) is 24.2 Å². The van der Waals surface area contributed by atoms with Gasteiger partial charge >= 0.3 is 0 Å². The molecule has 0 saturated carbocycles. The molecule has 1 aliphatic rings. The molecule has 0 unspecified atom stereocenters. The number of unbranched alkanes of at least 4 members (excludes halogenated alkanes) is 1. The van der Waals surface area contributed by atoms with Gasteiger partial charge in [0.15, 0.2) is 0 Å². The number of hydrogen-bond donors (Lipinski definition) is 1. The molecule has 1 fully saturated rings. The predicted octanol–water partition coefficient (Wildman–Crippen LogP) is 3.01. The van der Waals surface area contributed by atoms with Crippen LogP contribution in [0.15, 0.2) is 48.8 Å². The van der Waals surface area contributed by atoms with Crippen LogP contribution in [0.1, 0.15) is 30.3 Å². The highest BCUT2D eigenvalue weighted by Crippen LogP contribution is 2.29. The second kappa shape index (κ2) is 9.39. The van der Waals surface area contributed by atoms with Gasteiger partial charge in [-0.25, -0.2) is 9.97 Å². The molecule has 0 bridgehead atoms. The quantitative estimate of drug-likeness (QED) is 0.607. The minimum Gasteiger partial charge on any atom is -0.493 e. The maximum Gasteiger partial charge on any atom is 0.272 e. The Balaban J connectivity index is 1.42. The number of carbonyl (C=O) groups excluding carboxylic acids is 1. The van der Waals surface area contributed by atoms with Crippen LogP contribution < -0.4 is 9.64 Å². The first-order valence-electron chi connectivity index (χ1n) is 10.3. The van der Waals surface area contributed by atoms with Crippen molar-refractivity contribution in [2.75, 3.05) is 37.7 Å². The van der Waals surface area contributed by atoms with Gasteiger partial charge in [0, 0.05) is 44.1 Å². The van der Waals surface area contributed by atoms with E-state index in [2.05, 4.69) is 32.0 Å². The maximum atomic E-state index is 13.0. The lowest BCUT2D eigenvalue weighted by molar-refractivity contribution is 0.0740. The smallest absolute Gasteiger partial charge is 0.272 e. The van der Waals surface area contributed by atoms with E-state index in [4.69, 9.17) is 4.74 Å². The molecular weight excluding hydrogens is 380 g/mol. The van der Waals surface area contributed by atoms with Crippen molar-refractivity contribution < 1.29 is 9.53 Å². The molecule has 2 aromatic heterocycles. The standard InChI is InChI=1S/C22H26N6O2/c1-2-3-15-30-20-8-5-4-7-17(20)18-16-19(26-25-18)21(29)27-11-13-28(14-12-27)22-23-9-6-10-24-22/h4-10,16H,2-3,11-15H2,1H3,(H,25,26). The van der Waals surface area contributed by atoms with E-state index in [1.54, 1.807) is 24.5 Å². The lowest BCUT2D eigenvalue weighted by atomic mass is 10.1. The van der Waals surface area contributed by atoms with Crippen molar-refractivity contribution in [1.29, 1.82) is 0 Å². The Morgan fingerprint density at radius 2 is 1.87 bits per heavy atom. The third-order valence-corrected chi connectivity index (χ3v) is 5.13. The molecule has 8 heteroatoms. The Kier molecular flexibility index (Phi) is 6.22. The second-order valence-electron chi connectivity index (χ2n) is 7.19. The number of benzene rings is 1. The zero-order valence-electron chi connectivity index (χ0n) is 17.1. The minimum absolute atomic E-state index is 0.0493. The van der Waals surface area contributed by atoms with Crippen LogP contribution in [0.25, 0.3) is 11.3 Å². The summed E-state index contributed by atoms with van der Waals surface area (Å²) in [6, 6.07) is 11.4. The van der Waals surface area contributed by atoms with Crippen LogP contribution in [-0.2, 0) is 0 Å². The van der Waals surface area contributed by atoms with Crippen molar-refractivity contribution in [2.24, 2.45) is 0 Å². The van der Waals surface area contributed by atoms with Crippen molar-refractivity contribution in [2.45, 2.75) is 19.8 Å². The number of H-pyrrole nitrogens is 1. The average Bonchev–Trinajstić information content (AvgIpc) is 3.30. The van der Waals surface area contributed by atoms with E-state index in [9.17, 15) is 4.79 Å². The molecule has 3 heterocycles. The van der Waals surface area contributed by atoms with E-state index in [-0.39, 0.29) is 5.91 Å². The zero-order chi connectivity index (χ0) is 20.8. The van der Waals surface area contributed by atoms with E-state index in [0.29, 0.717) is 50.1 Å². The summed E-state index contributed by atoms with van der Waals surface area (Å²) in [5.74, 6) is 1.44. The summed E-state index contributed by atoms with van der Waals surface area (Å²) in [6.07, 6.45) is 5.54.